The molecule has 44 heavy (non-hydrogen) atoms. The first-order valence-corrected chi connectivity index (χ1v) is 15.5. The molecule has 2 atom stereocenters. The van der Waals surface area contributed by atoms with E-state index in [1.807, 2.05) is 77.8 Å². The van der Waals surface area contributed by atoms with E-state index in [9.17, 15) is 4.79 Å². The molecule has 2 N–H and O–H groups in total. The Hall–Kier alpha value is -4.46. The molecule has 2 aliphatic rings. The second-order valence-electron chi connectivity index (χ2n) is 11.4. The summed E-state index contributed by atoms with van der Waals surface area (Å²) < 4.78 is 12.4. The summed E-state index contributed by atoms with van der Waals surface area (Å²) in [4.78, 5) is 19.7. The largest absolute Gasteiger partial charge is 0.494 e. The molecule has 2 aliphatic heterocycles. The average Bonchev–Trinajstić information content (AvgIpc) is 3.47. The summed E-state index contributed by atoms with van der Waals surface area (Å²) in [6.07, 6.45) is 3.57. The zero-order valence-electron chi connectivity index (χ0n) is 24.9. The minimum absolute atomic E-state index is 0.0828. The van der Waals surface area contributed by atoms with Crippen LogP contribution in [0.15, 0.2) is 114 Å². The number of nitrogens with zero attached hydrogens (tertiary/aromatic N) is 2. The fourth-order valence-electron chi connectivity index (χ4n) is 5.92. The molecule has 0 spiro atoms. The van der Waals surface area contributed by atoms with Gasteiger partial charge in [0.2, 0.25) is 5.90 Å². The van der Waals surface area contributed by atoms with Gasteiger partial charge in [0.1, 0.15) is 5.75 Å². The van der Waals surface area contributed by atoms with Crippen LogP contribution < -0.4 is 10.2 Å². The van der Waals surface area contributed by atoms with Gasteiger partial charge in [-0.15, -0.1) is 0 Å². The van der Waals surface area contributed by atoms with Crippen LogP contribution in [-0.2, 0) is 16.0 Å². The number of aliphatic hydroxyl groups is 1. The Morgan fingerprint density at radius 1 is 0.841 bits per heavy atom. The number of amides is 1. The van der Waals surface area contributed by atoms with Crippen LogP contribution in [0.25, 0.3) is 11.1 Å². The lowest BCUT2D eigenvalue weighted by molar-refractivity contribution is -0.134. The highest BCUT2D eigenvalue weighted by molar-refractivity contribution is 6.01. The van der Waals surface area contributed by atoms with Gasteiger partial charge < -0.3 is 14.6 Å². The van der Waals surface area contributed by atoms with Gasteiger partial charge >= 0.3 is 0 Å². The highest BCUT2D eigenvalue weighted by Gasteiger charge is 2.53. The van der Waals surface area contributed by atoms with Crippen molar-refractivity contribution in [2.75, 3.05) is 26.3 Å². The SMILES string of the molecule is O=C(NN1CCCCC1)[C@@]1(Cc2ccccc2)N=C(c2ccc(OCCCO)cc2)O[C@H]1c1ccc(-c2ccccc2)cc1. The van der Waals surface area contributed by atoms with Crippen LogP contribution in [0.4, 0.5) is 0 Å². The molecule has 1 amide bonds. The van der Waals surface area contributed by atoms with E-state index in [4.69, 9.17) is 19.6 Å². The van der Waals surface area contributed by atoms with Crippen molar-refractivity contribution >= 4 is 11.8 Å². The third-order valence-electron chi connectivity index (χ3n) is 8.28. The van der Waals surface area contributed by atoms with Crippen molar-refractivity contribution in [3.05, 3.63) is 126 Å². The molecule has 7 heteroatoms. The standard InChI is InChI=1S/C37H39N3O4/c41-25-10-26-43-33-21-19-32(20-22-33)35-38-37(27-28-11-4-1-5-12-28,36(42)39-40-23-8-3-9-24-40)34(44-35)31-17-15-30(16-18-31)29-13-6-2-7-14-29/h1-2,4-7,11-22,34,41H,3,8-10,23-27H2,(H,39,42)/t34-,37-/m0/s1. The summed E-state index contributed by atoms with van der Waals surface area (Å²) in [6, 6.07) is 36.1. The molecule has 4 aromatic carbocycles. The molecule has 1 saturated heterocycles. The van der Waals surface area contributed by atoms with E-state index in [0.29, 0.717) is 31.1 Å². The van der Waals surface area contributed by atoms with Crippen LogP contribution in [0, 0.1) is 0 Å². The van der Waals surface area contributed by atoms with E-state index in [0.717, 1.165) is 53.7 Å². The van der Waals surface area contributed by atoms with Crippen LogP contribution in [0.3, 0.4) is 0 Å². The lowest BCUT2D eigenvalue weighted by atomic mass is 9.82. The van der Waals surface area contributed by atoms with Gasteiger partial charge in [0.15, 0.2) is 11.6 Å². The molecule has 0 aliphatic carbocycles. The fourth-order valence-corrected chi connectivity index (χ4v) is 5.92. The van der Waals surface area contributed by atoms with Gasteiger partial charge in [-0.05, 0) is 59.4 Å². The second-order valence-corrected chi connectivity index (χ2v) is 11.4. The van der Waals surface area contributed by atoms with E-state index >= 15 is 0 Å². The van der Waals surface area contributed by atoms with Crippen molar-refractivity contribution in [3.8, 4) is 16.9 Å². The molecule has 0 unspecified atom stereocenters. The molecule has 226 valence electrons. The van der Waals surface area contributed by atoms with E-state index in [-0.39, 0.29) is 12.5 Å². The molecule has 2 heterocycles. The number of aliphatic hydroxyl groups excluding tert-OH is 1. The number of aliphatic imine (C=N–C) groups is 1. The predicted octanol–water partition coefficient (Wildman–Crippen LogP) is 6.13. The summed E-state index contributed by atoms with van der Waals surface area (Å²) in [5, 5.41) is 11.1. The number of benzene rings is 4. The Labute approximate surface area is 259 Å². The van der Waals surface area contributed by atoms with Gasteiger partial charge in [-0.2, -0.15) is 0 Å². The highest BCUT2D eigenvalue weighted by atomic mass is 16.5. The van der Waals surface area contributed by atoms with Crippen molar-refractivity contribution in [1.29, 1.82) is 0 Å². The minimum atomic E-state index is -1.24. The number of carbonyl (C=O) groups excluding carboxylic acids is 1. The Morgan fingerprint density at radius 3 is 2.16 bits per heavy atom. The Balaban J connectivity index is 1.39. The maximum absolute atomic E-state index is 14.5. The second kappa shape index (κ2) is 13.9. The first kappa shape index (κ1) is 29.6. The summed E-state index contributed by atoms with van der Waals surface area (Å²) in [5.41, 5.74) is 6.88. The molecule has 0 saturated carbocycles. The van der Waals surface area contributed by atoms with Crippen LogP contribution in [-0.4, -0.2) is 53.8 Å². The van der Waals surface area contributed by atoms with Gasteiger partial charge in [-0.3, -0.25) is 10.2 Å². The Kier molecular flexibility index (Phi) is 9.34. The molecule has 6 rings (SSSR count). The number of piperidine rings is 1. The number of carbonyl (C=O) groups is 1. The third kappa shape index (κ3) is 6.69. The minimum Gasteiger partial charge on any atom is -0.494 e. The molecule has 1 fully saturated rings. The van der Waals surface area contributed by atoms with E-state index in [1.165, 1.54) is 6.42 Å². The Bertz CT molecular complexity index is 1540. The summed E-state index contributed by atoms with van der Waals surface area (Å²) in [5.74, 6) is 0.959. The molecule has 4 aromatic rings. The van der Waals surface area contributed by atoms with Crippen LogP contribution in [0.1, 0.15) is 48.5 Å². The van der Waals surface area contributed by atoms with Crippen molar-refractivity contribution in [2.24, 2.45) is 4.99 Å². The maximum Gasteiger partial charge on any atom is 0.266 e. The first-order chi connectivity index (χ1) is 21.6. The molecule has 7 nitrogen and oxygen atoms in total. The first-order valence-electron chi connectivity index (χ1n) is 15.5. The molecular formula is C37H39N3O4. The number of nitrogens with one attached hydrogen (secondary N) is 1. The quantitative estimate of drug-likeness (QED) is 0.206. The van der Waals surface area contributed by atoms with E-state index in [2.05, 4.69) is 41.8 Å². The van der Waals surface area contributed by atoms with Crippen molar-refractivity contribution in [1.82, 2.24) is 10.4 Å². The Morgan fingerprint density at radius 2 is 1.48 bits per heavy atom. The smallest absolute Gasteiger partial charge is 0.266 e. The number of hydrogen-bond acceptors (Lipinski definition) is 6. The fraction of sp³-hybridized carbons (Fsp3) is 0.297. The monoisotopic (exact) mass is 589 g/mol. The van der Waals surface area contributed by atoms with Crippen molar-refractivity contribution in [2.45, 2.75) is 43.7 Å². The van der Waals surface area contributed by atoms with Crippen LogP contribution in [0.5, 0.6) is 5.75 Å². The van der Waals surface area contributed by atoms with E-state index in [1.54, 1.807) is 0 Å². The van der Waals surface area contributed by atoms with Gasteiger partial charge in [-0.1, -0.05) is 91.3 Å². The molecule has 0 bridgehead atoms. The normalized spacial score (nSPS) is 20.0. The van der Waals surface area contributed by atoms with Crippen molar-refractivity contribution < 1.29 is 19.4 Å². The zero-order valence-corrected chi connectivity index (χ0v) is 24.9. The molecule has 0 radical (unpaired) electrons. The van der Waals surface area contributed by atoms with E-state index < -0.39 is 11.6 Å². The van der Waals surface area contributed by atoms with Crippen LogP contribution in [0.2, 0.25) is 0 Å². The number of hydrazine groups is 1. The predicted molar refractivity (Wildman–Crippen MR) is 172 cm³/mol. The molecular weight excluding hydrogens is 550 g/mol. The van der Waals surface area contributed by atoms with Gasteiger partial charge in [0.25, 0.3) is 5.91 Å². The van der Waals surface area contributed by atoms with Crippen LogP contribution >= 0.6 is 0 Å². The number of hydrogen-bond donors (Lipinski definition) is 2. The van der Waals surface area contributed by atoms with Gasteiger partial charge in [0.05, 0.1) is 6.61 Å². The lowest BCUT2D eigenvalue weighted by Gasteiger charge is -2.34. The average molecular weight is 590 g/mol. The summed E-state index contributed by atoms with van der Waals surface area (Å²) in [6.45, 7) is 2.15. The van der Waals surface area contributed by atoms with Crippen molar-refractivity contribution in [3.63, 3.8) is 0 Å². The summed E-state index contributed by atoms with van der Waals surface area (Å²) >= 11 is 0. The number of ether oxygens (including phenoxy) is 2. The lowest BCUT2D eigenvalue weighted by Crippen LogP contribution is -2.56. The number of rotatable bonds is 11. The van der Waals surface area contributed by atoms with Gasteiger partial charge in [0, 0.05) is 38.1 Å². The molecule has 0 aromatic heterocycles. The third-order valence-corrected chi connectivity index (χ3v) is 8.28. The summed E-state index contributed by atoms with van der Waals surface area (Å²) in [7, 11) is 0. The van der Waals surface area contributed by atoms with Gasteiger partial charge in [-0.25, -0.2) is 10.0 Å². The topological polar surface area (TPSA) is 83.4 Å². The maximum atomic E-state index is 14.5. The zero-order chi connectivity index (χ0) is 30.2. The highest BCUT2D eigenvalue weighted by Crippen LogP contribution is 2.43.